The summed E-state index contributed by atoms with van der Waals surface area (Å²) in [6.07, 6.45) is 0. The number of nitrogens with one attached hydrogen (secondary N) is 1. The molecule has 3 rings (SSSR count). The zero-order valence-corrected chi connectivity index (χ0v) is 12.7. The average Bonchev–Trinajstić information content (AvgIpc) is 2.95. The van der Waals surface area contributed by atoms with Crippen molar-refractivity contribution < 1.29 is 13.7 Å². The number of carbonyl (C=O) groups is 1. The van der Waals surface area contributed by atoms with Crippen LogP contribution in [0.1, 0.15) is 5.76 Å². The molecule has 0 atom stereocenters. The van der Waals surface area contributed by atoms with Crippen LogP contribution in [0.2, 0.25) is 0 Å². The van der Waals surface area contributed by atoms with E-state index in [4.69, 9.17) is 4.52 Å². The fraction of sp³-hybridized carbons (Fsp3) is 0.125. The van der Waals surface area contributed by atoms with Gasteiger partial charge in [0.25, 0.3) is 5.56 Å². The van der Waals surface area contributed by atoms with Gasteiger partial charge in [-0.15, -0.1) is 0 Å². The Bertz CT molecular complexity index is 931. The lowest BCUT2D eigenvalue weighted by molar-refractivity contribution is -0.117. The van der Waals surface area contributed by atoms with E-state index in [1.807, 2.05) is 0 Å². The number of halogens is 1. The standard InChI is InChI=1S/C16H13FN4O3/c1-10-8-14(20-24-10)18-15(22)9-21-16(23)7-6-13(19-21)11-2-4-12(17)5-3-11/h2-8H,9H2,1H3,(H,18,20,22). The molecule has 122 valence electrons. The van der Waals surface area contributed by atoms with Crippen molar-refractivity contribution >= 4 is 11.7 Å². The van der Waals surface area contributed by atoms with Crippen LogP contribution < -0.4 is 10.9 Å². The molecule has 0 fully saturated rings. The second-order valence-electron chi connectivity index (χ2n) is 5.09. The lowest BCUT2D eigenvalue weighted by Gasteiger charge is -2.07. The number of nitrogens with zero attached hydrogens (tertiary/aromatic N) is 3. The fourth-order valence-corrected chi connectivity index (χ4v) is 2.08. The van der Waals surface area contributed by atoms with Gasteiger partial charge >= 0.3 is 0 Å². The summed E-state index contributed by atoms with van der Waals surface area (Å²) in [5.41, 5.74) is 0.671. The number of hydrogen-bond donors (Lipinski definition) is 1. The Balaban J connectivity index is 1.80. The van der Waals surface area contributed by atoms with Crippen LogP contribution in [0.25, 0.3) is 11.3 Å². The molecule has 0 aliphatic carbocycles. The van der Waals surface area contributed by atoms with E-state index in [1.165, 1.54) is 24.3 Å². The predicted octanol–water partition coefficient (Wildman–Crippen LogP) is 1.98. The summed E-state index contributed by atoms with van der Waals surface area (Å²) in [6, 6.07) is 10.1. The zero-order valence-electron chi connectivity index (χ0n) is 12.7. The zero-order chi connectivity index (χ0) is 17.1. The van der Waals surface area contributed by atoms with Crippen LogP contribution in [0, 0.1) is 12.7 Å². The van der Waals surface area contributed by atoms with E-state index < -0.39 is 11.5 Å². The van der Waals surface area contributed by atoms with E-state index in [-0.39, 0.29) is 18.2 Å². The predicted molar refractivity (Wildman–Crippen MR) is 83.8 cm³/mol. The molecule has 1 aromatic carbocycles. The molecular formula is C16H13FN4O3. The van der Waals surface area contributed by atoms with Crippen LogP contribution in [0.15, 0.2) is 51.8 Å². The Labute approximate surface area is 135 Å². The number of aryl methyl sites for hydroxylation is 1. The fourth-order valence-electron chi connectivity index (χ4n) is 2.08. The number of amides is 1. The Morgan fingerprint density at radius 3 is 2.67 bits per heavy atom. The molecule has 1 N–H and O–H groups in total. The highest BCUT2D eigenvalue weighted by molar-refractivity contribution is 5.89. The molecule has 2 aromatic heterocycles. The van der Waals surface area contributed by atoms with Crippen LogP contribution in [0.4, 0.5) is 10.2 Å². The molecule has 7 nitrogen and oxygen atoms in total. The molecule has 2 heterocycles. The van der Waals surface area contributed by atoms with Crippen LogP contribution in [0.5, 0.6) is 0 Å². The monoisotopic (exact) mass is 328 g/mol. The minimum Gasteiger partial charge on any atom is -0.360 e. The van der Waals surface area contributed by atoms with Crippen molar-refractivity contribution in [2.75, 3.05) is 5.32 Å². The van der Waals surface area contributed by atoms with Crippen LogP contribution in [0.3, 0.4) is 0 Å². The maximum atomic E-state index is 13.0. The number of anilines is 1. The summed E-state index contributed by atoms with van der Waals surface area (Å²) in [5.74, 6) is -0.0114. The van der Waals surface area contributed by atoms with Crippen molar-refractivity contribution in [3.63, 3.8) is 0 Å². The van der Waals surface area contributed by atoms with Crippen molar-refractivity contribution in [2.45, 2.75) is 13.5 Å². The summed E-state index contributed by atoms with van der Waals surface area (Å²) in [7, 11) is 0. The third kappa shape index (κ3) is 3.54. The Morgan fingerprint density at radius 2 is 2.00 bits per heavy atom. The lowest BCUT2D eigenvalue weighted by atomic mass is 10.1. The summed E-state index contributed by atoms with van der Waals surface area (Å²) >= 11 is 0. The number of rotatable bonds is 4. The van der Waals surface area contributed by atoms with Gasteiger partial charge in [0.2, 0.25) is 5.91 Å². The molecule has 8 heteroatoms. The third-order valence-electron chi connectivity index (χ3n) is 3.20. The van der Waals surface area contributed by atoms with Crippen LogP contribution in [-0.2, 0) is 11.3 Å². The maximum absolute atomic E-state index is 13.0. The first-order valence-corrected chi connectivity index (χ1v) is 7.08. The smallest absolute Gasteiger partial charge is 0.267 e. The summed E-state index contributed by atoms with van der Waals surface area (Å²) < 4.78 is 18.9. The number of benzene rings is 1. The summed E-state index contributed by atoms with van der Waals surface area (Å²) in [5, 5.41) is 10.3. The largest absolute Gasteiger partial charge is 0.360 e. The molecule has 0 bridgehead atoms. The van der Waals surface area contributed by atoms with Crippen molar-refractivity contribution in [3.8, 4) is 11.3 Å². The minimum absolute atomic E-state index is 0.264. The molecule has 1 amide bonds. The lowest BCUT2D eigenvalue weighted by Crippen LogP contribution is -2.29. The number of aromatic nitrogens is 3. The SMILES string of the molecule is Cc1cc(NC(=O)Cn2nc(-c3ccc(F)cc3)ccc2=O)no1. The van der Waals surface area contributed by atoms with Gasteiger partial charge in [-0.1, -0.05) is 5.16 Å². The summed E-state index contributed by atoms with van der Waals surface area (Å²) in [6.45, 7) is 1.42. The van der Waals surface area contributed by atoms with Gasteiger partial charge in [-0.2, -0.15) is 5.10 Å². The summed E-state index contributed by atoms with van der Waals surface area (Å²) in [4.78, 5) is 23.9. The van der Waals surface area contributed by atoms with E-state index in [0.717, 1.165) is 4.68 Å². The van der Waals surface area contributed by atoms with Gasteiger partial charge in [-0.3, -0.25) is 9.59 Å². The van der Waals surface area contributed by atoms with Crippen molar-refractivity contribution in [2.24, 2.45) is 0 Å². The van der Waals surface area contributed by atoms with Gasteiger partial charge in [0.05, 0.1) is 5.69 Å². The highest BCUT2D eigenvalue weighted by Gasteiger charge is 2.10. The van der Waals surface area contributed by atoms with Crippen LogP contribution in [-0.4, -0.2) is 20.8 Å². The Morgan fingerprint density at radius 1 is 1.25 bits per heavy atom. The molecule has 0 saturated heterocycles. The second kappa shape index (κ2) is 6.45. The van der Waals surface area contributed by atoms with E-state index in [0.29, 0.717) is 17.0 Å². The van der Waals surface area contributed by atoms with Gasteiger partial charge in [-0.25, -0.2) is 9.07 Å². The van der Waals surface area contributed by atoms with Gasteiger partial charge in [-0.05, 0) is 37.3 Å². The average molecular weight is 328 g/mol. The van der Waals surface area contributed by atoms with Crippen LogP contribution >= 0.6 is 0 Å². The second-order valence-corrected chi connectivity index (χ2v) is 5.09. The molecule has 0 radical (unpaired) electrons. The maximum Gasteiger partial charge on any atom is 0.267 e. The first kappa shape index (κ1) is 15.6. The van der Waals surface area contributed by atoms with Gasteiger partial charge in [0, 0.05) is 17.7 Å². The van der Waals surface area contributed by atoms with E-state index in [9.17, 15) is 14.0 Å². The quantitative estimate of drug-likeness (QED) is 0.791. The van der Waals surface area contributed by atoms with E-state index >= 15 is 0 Å². The van der Waals surface area contributed by atoms with E-state index in [2.05, 4.69) is 15.6 Å². The highest BCUT2D eigenvalue weighted by Crippen LogP contribution is 2.15. The van der Waals surface area contributed by atoms with Crippen molar-refractivity contribution in [1.29, 1.82) is 0 Å². The van der Waals surface area contributed by atoms with E-state index in [1.54, 1.807) is 25.1 Å². The Hall–Kier alpha value is -3.29. The first-order valence-electron chi connectivity index (χ1n) is 7.08. The van der Waals surface area contributed by atoms with Gasteiger partial charge in [0.1, 0.15) is 18.1 Å². The molecule has 0 aliphatic heterocycles. The third-order valence-corrected chi connectivity index (χ3v) is 3.20. The van der Waals surface area contributed by atoms with Gasteiger partial charge < -0.3 is 9.84 Å². The minimum atomic E-state index is -0.464. The molecule has 0 spiro atoms. The number of hydrogen-bond acceptors (Lipinski definition) is 5. The molecule has 0 saturated carbocycles. The molecule has 0 unspecified atom stereocenters. The first-order chi connectivity index (χ1) is 11.5. The highest BCUT2D eigenvalue weighted by atomic mass is 19.1. The normalized spacial score (nSPS) is 10.6. The van der Waals surface area contributed by atoms with Crippen molar-refractivity contribution in [3.05, 3.63) is 64.4 Å². The van der Waals surface area contributed by atoms with Gasteiger partial charge in [0.15, 0.2) is 5.82 Å². The van der Waals surface area contributed by atoms with Crippen molar-refractivity contribution in [1.82, 2.24) is 14.9 Å². The molecule has 0 aliphatic rings. The topological polar surface area (TPSA) is 90.0 Å². The Kier molecular flexibility index (Phi) is 4.19. The molecule has 24 heavy (non-hydrogen) atoms. The molecular weight excluding hydrogens is 315 g/mol. The molecule has 3 aromatic rings. The number of carbonyl (C=O) groups excluding carboxylic acids is 1.